The van der Waals surface area contributed by atoms with Crippen molar-refractivity contribution in [2.24, 2.45) is 5.92 Å². The van der Waals surface area contributed by atoms with Gasteiger partial charge in [0.15, 0.2) is 11.9 Å². The molecule has 1 aliphatic heterocycles. The summed E-state index contributed by atoms with van der Waals surface area (Å²) in [5.41, 5.74) is 0. The van der Waals surface area contributed by atoms with Crippen LogP contribution < -0.4 is 0 Å². The van der Waals surface area contributed by atoms with Crippen molar-refractivity contribution in [1.29, 1.82) is 0 Å². The zero-order chi connectivity index (χ0) is 8.43. The fraction of sp³-hybridized carbons (Fsp3) is 0.750. The van der Waals surface area contributed by atoms with E-state index in [1.54, 1.807) is 6.92 Å². The second kappa shape index (κ2) is 3.03. The van der Waals surface area contributed by atoms with E-state index in [-0.39, 0.29) is 11.8 Å². The lowest BCUT2D eigenvalue weighted by Gasteiger charge is -2.03. The molecule has 0 N–H and O–H groups in total. The van der Waals surface area contributed by atoms with E-state index in [9.17, 15) is 9.59 Å². The van der Waals surface area contributed by atoms with Crippen molar-refractivity contribution in [1.82, 2.24) is 0 Å². The molecule has 1 aliphatic rings. The van der Waals surface area contributed by atoms with Crippen LogP contribution in [-0.4, -0.2) is 17.9 Å². The summed E-state index contributed by atoms with van der Waals surface area (Å²) in [6.45, 7) is 3.56. The third kappa shape index (κ3) is 1.42. The van der Waals surface area contributed by atoms with Gasteiger partial charge in [0.1, 0.15) is 5.92 Å². The third-order valence-electron chi connectivity index (χ3n) is 1.91. The van der Waals surface area contributed by atoms with Crippen LogP contribution in [0.4, 0.5) is 0 Å². The molecular weight excluding hydrogens is 144 g/mol. The Hall–Kier alpha value is -0.860. The number of ether oxygens (including phenoxy) is 1. The minimum absolute atomic E-state index is 0.0585. The van der Waals surface area contributed by atoms with Crippen molar-refractivity contribution < 1.29 is 14.3 Å². The van der Waals surface area contributed by atoms with Gasteiger partial charge in [-0.1, -0.05) is 13.3 Å². The first-order chi connectivity index (χ1) is 5.16. The maximum Gasteiger partial charge on any atom is 0.317 e. The highest BCUT2D eigenvalue weighted by Gasteiger charge is 2.39. The van der Waals surface area contributed by atoms with Gasteiger partial charge in [0, 0.05) is 0 Å². The van der Waals surface area contributed by atoms with Crippen LogP contribution in [-0.2, 0) is 14.3 Å². The molecule has 0 saturated carbocycles. The van der Waals surface area contributed by atoms with Gasteiger partial charge in [-0.15, -0.1) is 0 Å². The van der Waals surface area contributed by atoms with Crippen LogP contribution >= 0.6 is 0 Å². The maximum absolute atomic E-state index is 11.2. The van der Waals surface area contributed by atoms with E-state index in [0.29, 0.717) is 6.42 Å². The van der Waals surface area contributed by atoms with E-state index in [0.717, 1.165) is 6.42 Å². The molecule has 0 amide bonds. The standard InChI is InChI=1S/C8H12O3/c1-3-4-6-7(9)5(2)8(10)11-6/h5-6H,3-4H2,1-2H3/t5-,6+/m0/s1. The quantitative estimate of drug-likeness (QED) is 0.441. The predicted molar refractivity (Wildman–Crippen MR) is 39.0 cm³/mol. The van der Waals surface area contributed by atoms with E-state index < -0.39 is 12.0 Å². The Bertz CT molecular complexity index is 186. The van der Waals surface area contributed by atoms with Crippen LogP contribution in [0.25, 0.3) is 0 Å². The van der Waals surface area contributed by atoms with Crippen molar-refractivity contribution in [2.45, 2.75) is 32.8 Å². The first-order valence-corrected chi connectivity index (χ1v) is 3.91. The molecule has 0 radical (unpaired) electrons. The second-order valence-electron chi connectivity index (χ2n) is 2.84. The van der Waals surface area contributed by atoms with Crippen molar-refractivity contribution in [2.75, 3.05) is 0 Å². The molecule has 2 atom stereocenters. The summed E-state index contributed by atoms with van der Waals surface area (Å²) in [6, 6.07) is 0. The first kappa shape index (κ1) is 8.24. The van der Waals surface area contributed by atoms with E-state index in [4.69, 9.17) is 4.74 Å². The zero-order valence-corrected chi connectivity index (χ0v) is 6.79. The largest absolute Gasteiger partial charge is 0.454 e. The lowest BCUT2D eigenvalue weighted by molar-refractivity contribution is -0.144. The molecule has 3 heteroatoms. The van der Waals surface area contributed by atoms with Gasteiger partial charge in [0.05, 0.1) is 0 Å². The Morgan fingerprint density at radius 2 is 2.09 bits per heavy atom. The van der Waals surface area contributed by atoms with Crippen LogP contribution in [0.1, 0.15) is 26.7 Å². The Balaban J connectivity index is 2.60. The van der Waals surface area contributed by atoms with Gasteiger partial charge in [-0.25, -0.2) is 0 Å². The van der Waals surface area contributed by atoms with Crippen LogP contribution in [0.15, 0.2) is 0 Å². The zero-order valence-electron chi connectivity index (χ0n) is 6.79. The van der Waals surface area contributed by atoms with Crippen LogP contribution in [0, 0.1) is 5.92 Å². The highest BCUT2D eigenvalue weighted by Crippen LogP contribution is 2.19. The summed E-state index contributed by atoms with van der Waals surface area (Å²) >= 11 is 0. The van der Waals surface area contributed by atoms with Crippen molar-refractivity contribution in [3.05, 3.63) is 0 Å². The molecule has 0 aromatic heterocycles. The molecule has 0 aromatic rings. The fourth-order valence-electron chi connectivity index (χ4n) is 1.16. The average Bonchev–Trinajstić information content (AvgIpc) is 2.19. The van der Waals surface area contributed by atoms with Crippen molar-refractivity contribution in [3.8, 4) is 0 Å². The summed E-state index contributed by atoms with van der Waals surface area (Å²) in [5.74, 6) is -0.961. The summed E-state index contributed by atoms with van der Waals surface area (Å²) in [7, 11) is 0. The van der Waals surface area contributed by atoms with Gasteiger partial charge >= 0.3 is 5.97 Å². The van der Waals surface area contributed by atoms with Gasteiger partial charge in [0.2, 0.25) is 0 Å². The van der Waals surface area contributed by atoms with Gasteiger partial charge in [-0.05, 0) is 13.3 Å². The van der Waals surface area contributed by atoms with Gasteiger partial charge in [0.25, 0.3) is 0 Å². The lowest BCUT2D eigenvalue weighted by Crippen LogP contribution is -2.18. The van der Waals surface area contributed by atoms with E-state index in [1.165, 1.54) is 0 Å². The minimum atomic E-state index is -0.536. The number of carbonyl (C=O) groups excluding carboxylic acids is 2. The van der Waals surface area contributed by atoms with Gasteiger partial charge in [-0.2, -0.15) is 0 Å². The van der Waals surface area contributed by atoms with Gasteiger partial charge in [-0.3, -0.25) is 9.59 Å². The molecule has 3 nitrogen and oxygen atoms in total. The molecule has 0 spiro atoms. The molecule has 0 bridgehead atoms. The summed E-state index contributed by atoms with van der Waals surface area (Å²) in [6.07, 6.45) is 1.08. The fourth-order valence-corrected chi connectivity index (χ4v) is 1.16. The average molecular weight is 156 g/mol. The van der Waals surface area contributed by atoms with E-state index >= 15 is 0 Å². The van der Waals surface area contributed by atoms with Crippen LogP contribution in [0.3, 0.4) is 0 Å². The smallest absolute Gasteiger partial charge is 0.317 e. The molecule has 0 aromatic carbocycles. The number of carbonyl (C=O) groups is 2. The molecule has 1 fully saturated rings. The highest BCUT2D eigenvalue weighted by molar-refractivity contribution is 6.06. The second-order valence-corrected chi connectivity index (χ2v) is 2.84. The number of rotatable bonds is 2. The molecule has 0 aliphatic carbocycles. The summed E-state index contributed by atoms with van der Waals surface area (Å²) in [4.78, 5) is 22.0. The topological polar surface area (TPSA) is 43.4 Å². The Kier molecular flexibility index (Phi) is 2.27. The number of hydrogen-bond acceptors (Lipinski definition) is 3. The molecule has 11 heavy (non-hydrogen) atoms. The predicted octanol–water partition coefficient (Wildman–Crippen LogP) is 0.917. The normalized spacial score (nSPS) is 30.7. The van der Waals surface area contributed by atoms with Gasteiger partial charge < -0.3 is 4.74 Å². The monoisotopic (exact) mass is 156 g/mol. The summed E-state index contributed by atoms with van der Waals surface area (Å²) < 4.78 is 4.84. The lowest BCUT2D eigenvalue weighted by atomic mass is 10.0. The number of Topliss-reactive ketones (excluding diaryl/α,β-unsaturated/α-hetero) is 1. The Morgan fingerprint density at radius 1 is 1.45 bits per heavy atom. The maximum atomic E-state index is 11.2. The Morgan fingerprint density at radius 3 is 2.45 bits per heavy atom. The van der Waals surface area contributed by atoms with Crippen LogP contribution in [0.5, 0.6) is 0 Å². The minimum Gasteiger partial charge on any atom is -0.454 e. The SMILES string of the molecule is CCC[C@H]1OC(=O)[C@@H](C)C1=O. The molecular formula is C8H12O3. The third-order valence-corrected chi connectivity index (χ3v) is 1.91. The number of hydrogen-bond donors (Lipinski definition) is 0. The molecule has 62 valence electrons. The molecule has 1 rings (SSSR count). The molecule has 1 heterocycles. The highest BCUT2D eigenvalue weighted by atomic mass is 16.6. The van der Waals surface area contributed by atoms with Crippen LogP contribution in [0.2, 0.25) is 0 Å². The van der Waals surface area contributed by atoms with E-state index in [1.807, 2.05) is 6.92 Å². The molecule has 0 unspecified atom stereocenters. The van der Waals surface area contributed by atoms with Crippen molar-refractivity contribution in [3.63, 3.8) is 0 Å². The van der Waals surface area contributed by atoms with Crippen molar-refractivity contribution >= 4 is 11.8 Å². The Labute approximate surface area is 65.7 Å². The number of cyclic esters (lactones) is 1. The molecule has 1 saturated heterocycles. The first-order valence-electron chi connectivity index (χ1n) is 3.91. The summed E-state index contributed by atoms with van der Waals surface area (Å²) in [5, 5.41) is 0. The number of esters is 1. The number of ketones is 1. The van der Waals surface area contributed by atoms with E-state index in [2.05, 4.69) is 0 Å².